The van der Waals surface area contributed by atoms with Crippen LogP contribution in [0.5, 0.6) is 0 Å². The zero-order valence-electron chi connectivity index (χ0n) is 11.0. The number of hydrogen-bond donors (Lipinski definition) is 1. The normalized spacial score (nSPS) is 10.3. The zero-order chi connectivity index (χ0) is 13.8. The van der Waals surface area contributed by atoms with E-state index in [0.717, 1.165) is 17.4 Å². The van der Waals surface area contributed by atoms with E-state index in [1.165, 1.54) is 12.1 Å². The Balaban J connectivity index is 2.07. The van der Waals surface area contributed by atoms with Gasteiger partial charge in [0.05, 0.1) is 0 Å². The summed E-state index contributed by atoms with van der Waals surface area (Å²) in [5.74, 6) is -1.11. The molecule has 0 heterocycles. The van der Waals surface area contributed by atoms with Crippen molar-refractivity contribution in [3.63, 3.8) is 0 Å². The quantitative estimate of drug-likeness (QED) is 0.905. The van der Waals surface area contributed by atoms with Crippen LogP contribution in [0.3, 0.4) is 0 Å². The van der Waals surface area contributed by atoms with E-state index in [1.807, 2.05) is 43.3 Å². The van der Waals surface area contributed by atoms with E-state index in [1.54, 1.807) is 0 Å². The van der Waals surface area contributed by atoms with Gasteiger partial charge in [0.25, 0.3) is 0 Å². The van der Waals surface area contributed by atoms with Gasteiger partial charge in [-0.25, -0.2) is 8.78 Å². The summed E-state index contributed by atoms with van der Waals surface area (Å²) in [6, 6.07) is 11.4. The molecule has 2 nitrogen and oxygen atoms in total. The maximum atomic E-state index is 13.0. The van der Waals surface area contributed by atoms with Crippen molar-refractivity contribution >= 4 is 11.4 Å². The van der Waals surface area contributed by atoms with E-state index in [2.05, 4.69) is 5.32 Å². The van der Waals surface area contributed by atoms with Crippen LogP contribution in [0.4, 0.5) is 20.2 Å². The van der Waals surface area contributed by atoms with Crippen molar-refractivity contribution in [2.45, 2.75) is 6.54 Å². The van der Waals surface area contributed by atoms with Gasteiger partial charge in [-0.05, 0) is 35.9 Å². The van der Waals surface area contributed by atoms with E-state index in [0.29, 0.717) is 12.1 Å². The summed E-state index contributed by atoms with van der Waals surface area (Å²) < 4.78 is 26.1. The molecule has 0 fully saturated rings. The van der Waals surface area contributed by atoms with Crippen LogP contribution in [0.1, 0.15) is 5.56 Å². The van der Waals surface area contributed by atoms with Gasteiger partial charge in [0.15, 0.2) is 0 Å². The van der Waals surface area contributed by atoms with Crippen LogP contribution in [0.15, 0.2) is 42.5 Å². The summed E-state index contributed by atoms with van der Waals surface area (Å²) in [4.78, 5) is 1.99. The fraction of sp³-hybridized carbons (Fsp3) is 0.200. The van der Waals surface area contributed by atoms with Crippen LogP contribution >= 0.6 is 0 Å². The second kappa shape index (κ2) is 5.69. The predicted octanol–water partition coefficient (Wildman–Crippen LogP) is 3.64. The number of anilines is 2. The molecule has 0 radical (unpaired) electrons. The van der Waals surface area contributed by atoms with Crippen molar-refractivity contribution in [1.29, 1.82) is 0 Å². The highest BCUT2D eigenvalue weighted by Gasteiger charge is 2.01. The van der Waals surface area contributed by atoms with Crippen molar-refractivity contribution in [2.75, 3.05) is 24.3 Å². The molecule has 2 aromatic rings. The van der Waals surface area contributed by atoms with E-state index in [-0.39, 0.29) is 0 Å². The third-order valence-corrected chi connectivity index (χ3v) is 2.78. The monoisotopic (exact) mass is 262 g/mol. The largest absolute Gasteiger partial charge is 0.381 e. The fourth-order valence-corrected chi connectivity index (χ4v) is 1.81. The van der Waals surface area contributed by atoms with Crippen LogP contribution in [0, 0.1) is 11.6 Å². The van der Waals surface area contributed by atoms with Crippen molar-refractivity contribution < 1.29 is 8.78 Å². The van der Waals surface area contributed by atoms with Crippen LogP contribution < -0.4 is 10.2 Å². The average molecular weight is 262 g/mol. The lowest BCUT2D eigenvalue weighted by atomic mass is 10.2. The molecular weight excluding hydrogens is 246 g/mol. The lowest BCUT2D eigenvalue weighted by Gasteiger charge is -2.14. The Kier molecular flexibility index (Phi) is 4.00. The minimum atomic E-state index is -0.557. The van der Waals surface area contributed by atoms with E-state index < -0.39 is 11.6 Å². The van der Waals surface area contributed by atoms with Crippen LogP contribution in [-0.2, 0) is 6.54 Å². The molecule has 0 unspecified atom stereocenters. The number of hydrogen-bond acceptors (Lipinski definition) is 2. The predicted molar refractivity (Wildman–Crippen MR) is 74.5 cm³/mol. The van der Waals surface area contributed by atoms with Gasteiger partial charge < -0.3 is 10.2 Å². The molecular formula is C15H16F2N2. The maximum absolute atomic E-state index is 13.0. The highest BCUT2D eigenvalue weighted by Crippen LogP contribution is 2.18. The summed E-state index contributed by atoms with van der Waals surface area (Å²) >= 11 is 0. The number of nitrogens with zero attached hydrogens (tertiary/aromatic N) is 1. The lowest BCUT2D eigenvalue weighted by Crippen LogP contribution is -2.09. The second-order valence-corrected chi connectivity index (χ2v) is 4.58. The molecule has 0 atom stereocenters. The van der Waals surface area contributed by atoms with E-state index >= 15 is 0 Å². The number of rotatable bonds is 4. The van der Waals surface area contributed by atoms with Crippen LogP contribution in [-0.4, -0.2) is 14.1 Å². The second-order valence-electron chi connectivity index (χ2n) is 4.58. The number of nitrogens with one attached hydrogen (secondary N) is 1. The molecule has 100 valence electrons. The molecule has 2 rings (SSSR count). The van der Waals surface area contributed by atoms with Crippen molar-refractivity contribution in [1.82, 2.24) is 0 Å². The van der Waals surface area contributed by atoms with Gasteiger partial charge in [0, 0.05) is 38.1 Å². The Morgan fingerprint density at radius 2 is 1.68 bits per heavy atom. The van der Waals surface area contributed by atoms with E-state index in [4.69, 9.17) is 0 Å². The highest BCUT2D eigenvalue weighted by atomic mass is 19.1. The van der Waals surface area contributed by atoms with Gasteiger partial charge in [-0.2, -0.15) is 0 Å². The molecule has 2 aromatic carbocycles. The molecule has 0 spiro atoms. The minimum Gasteiger partial charge on any atom is -0.381 e. The van der Waals surface area contributed by atoms with Crippen molar-refractivity contribution in [3.8, 4) is 0 Å². The summed E-state index contributed by atoms with van der Waals surface area (Å²) in [6.45, 7) is 0.381. The lowest BCUT2D eigenvalue weighted by molar-refractivity contribution is 0.580. The van der Waals surface area contributed by atoms with Gasteiger partial charge in [0.1, 0.15) is 11.6 Å². The number of halogens is 2. The summed E-state index contributed by atoms with van der Waals surface area (Å²) in [7, 11) is 3.92. The molecule has 19 heavy (non-hydrogen) atoms. The van der Waals surface area contributed by atoms with Gasteiger partial charge in [0.2, 0.25) is 0 Å². The molecule has 1 N–H and O–H groups in total. The molecule has 0 aliphatic heterocycles. The number of benzene rings is 2. The molecule has 0 amide bonds. The zero-order valence-corrected chi connectivity index (χ0v) is 11.0. The third kappa shape index (κ3) is 3.68. The van der Waals surface area contributed by atoms with Crippen molar-refractivity contribution in [3.05, 3.63) is 59.7 Å². The Morgan fingerprint density at radius 1 is 1.00 bits per heavy atom. The SMILES string of the molecule is CN(C)c1cccc(NCc2cc(F)cc(F)c2)c1. The molecule has 0 aliphatic rings. The first-order valence-electron chi connectivity index (χ1n) is 6.01. The smallest absolute Gasteiger partial charge is 0.126 e. The van der Waals surface area contributed by atoms with Crippen LogP contribution in [0.25, 0.3) is 0 Å². The first-order chi connectivity index (χ1) is 9.04. The fourth-order valence-electron chi connectivity index (χ4n) is 1.81. The Hall–Kier alpha value is -2.10. The van der Waals surface area contributed by atoms with Gasteiger partial charge in [-0.1, -0.05) is 6.07 Å². The summed E-state index contributed by atoms with van der Waals surface area (Å²) in [5.41, 5.74) is 2.55. The first kappa shape index (κ1) is 13.3. The summed E-state index contributed by atoms with van der Waals surface area (Å²) in [5, 5.41) is 3.15. The van der Waals surface area contributed by atoms with Gasteiger partial charge in [-0.3, -0.25) is 0 Å². The molecule has 0 saturated heterocycles. The highest BCUT2D eigenvalue weighted by molar-refractivity contribution is 5.57. The Morgan fingerprint density at radius 3 is 2.32 bits per heavy atom. The minimum absolute atomic E-state index is 0.381. The third-order valence-electron chi connectivity index (χ3n) is 2.78. The van der Waals surface area contributed by atoms with Gasteiger partial charge in [-0.15, -0.1) is 0 Å². The first-order valence-corrected chi connectivity index (χ1v) is 6.01. The van der Waals surface area contributed by atoms with Crippen LogP contribution in [0.2, 0.25) is 0 Å². The Labute approximate surface area is 111 Å². The molecule has 0 saturated carbocycles. The molecule has 0 aliphatic carbocycles. The van der Waals surface area contributed by atoms with E-state index in [9.17, 15) is 8.78 Å². The average Bonchev–Trinajstić information content (AvgIpc) is 2.35. The summed E-state index contributed by atoms with van der Waals surface area (Å²) in [6.07, 6.45) is 0. The molecule has 4 heteroatoms. The standard InChI is InChI=1S/C15H16F2N2/c1-19(2)15-5-3-4-14(9-15)18-10-11-6-12(16)8-13(17)7-11/h3-9,18H,10H2,1-2H3. The Bertz CT molecular complexity index is 548. The topological polar surface area (TPSA) is 15.3 Å². The molecule has 0 bridgehead atoms. The van der Waals surface area contributed by atoms with Crippen molar-refractivity contribution in [2.24, 2.45) is 0 Å². The van der Waals surface area contributed by atoms with Gasteiger partial charge >= 0.3 is 0 Å². The maximum Gasteiger partial charge on any atom is 0.126 e. The molecule has 0 aromatic heterocycles.